The van der Waals surface area contributed by atoms with E-state index >= 15 is 0 Å². The Balaban J connectivity index is 1.34. The summed E-state index contributed by atoms with van der Waals surface area (Å²) in [5.41, 5.74) is 2.90. The first-order valence-corrected chi connectivity index (χ1v) is 13.5. The standard InChI is InChI=1S/C29H48O/c1-17(2)18(3)23-16-24(23)19(4)25-9-10-26-22-8-7-20-15-21(30)11-13-28(20,5)27(22)12-14-29(25,26)6/h8,17-21,23-27,30H,7,9-16H2,1-6H3/t18-,19-,20+,21+,23-,24-,25-,26+,27+,28+,29-/m1/s1. The van der Waals surface area contributed by atoms with Crippen molar-refractivity contribution in [1.82, 2.24) is 0 Å². The summed E-state index contributed by atoms with van der Waals surface area (Å²) in [6.45, 7) is 15.3. The SMILES string of the molecule is CC(C)[C@@H](C)[C@H]1C[C@@H]1[C@@H](C)[C@H]1CC[C@H]2C3=CC[C@H]4C[C@@H](O)CC[C@]4(C)[C@H]3CC[C@]12C. The van der Waals surface area contributed by atoms with E-state index in [4.69, 9.17) is 0 Å². The normalized spacial score (nSPS) is 52.1. The number of hydrogen-bond donors (Lipinski definition) is 1. The maximum atomic E-state index is 10.3. The second-order valence-electron chi connectivity index (χ2n) is 13.4. The van der Waals surface area contributed by atoms with Gasteiger partial charge < -0.3 is 5.11 Å². The molecule has 30 heavy (non-hydrogen) atoms. The van der Waals surface area contributed by atoms with Crippen molar-refractivity contribution in [2.75, 3.05) is 0 Å². The minimum atomic E-state index is -0.0386. The van der Waals surface area contributed by atoms with Crippen molar-refractivity contribution in [2.24, 2.45) is 64.1 Å². The molecule has 0 aliphatic heterocycles. The minimum Gasteiger partial charge on any atom is -0.393 e. The van der Waals surface area contributed by atoms with Crippen LogP contribution in [0.3, 0.4) is 0 Å². The summed E-state index contributed by atoms with van der Waals surface area (Å²) < 4.78 is 0. The van der Waals surface area contributed by atoms with Crippen molar-refractivity contribution in [2.45, 2.75) is 105 Å². The Morgan fingerprint density at radius 3 is 2.30 bits per heavy atom. The molecule has 1 N–H and O–H groups in total. The lowest BCUT2D eigenvalue weighted by molar-refractivity contribution is -0.0433. The maximum absolute atomic E-state index is 10.3. The van der Waals surface area contributed by atoms with Crippen LogP contribution in [0.2, 0.25) is 0 Å². The third-order valence-corrected chi connectivity index (χ3v) is 12.1. The van der Waals surface area contributed by atoms with Crippen LogP contribution in [0.4, 0.5) is 0 Å². The number of hydrogen-bond acceptors (Lipinski definition) is 1. The molecule has 5 aliphatic rings. The van der Waals surface area contributed by atoms with Crippen LogP contribution in [-0.4, -0.2) is 11.2 Å². The molecule has 0 aromatic heterocycles. The molecule has 5 aliphatic carbocycles. The number of allylic oxidation sites excluding steroid dienone is 2. The van der Waals surface area contributed by atoms with E-state index in [1.807, 2.05) is 5.57 Å². The molecule has 0 amide bonds. The fourth-order valence-electron chi connectivity index (χ4n) is 9.63. The van der Waals surface area contributed by atoms with Gasteiger partial charge in [-0.15, -0.1) is 0 Å². The molecule has 0 aromatic rings. The first-order valence-electron chi connectivity index (χ1n) is 13.5. The minimum absolute atomic E-state index is 0.0386. The topological polar surface area (TPSA) is 20.2 Å². The van der Waals surface area contributed by atoms with E-state index in [1.54, 1.807) is 0 Å². The highest BCUT2D eigenvalue weighted by Crippen LogP contribution is 2.68. The van der Waals surface area contributed by atoms with E-state index in [1.165, 1.54) is 44.9 Å². The molecular weight excluding hydrogens is 364 g/mol. The fraction of sp³-hybridized carbons (Fsp3) is 0.931. The summed E-state index contributed by atoms with van der Waals surface area (Å²) in [5, 5.41) is 10.3. The Kier molecular flexibility index (Phi) is 5.28. The van der Waals surface area contributed by atoms with Crippen molar-refractivity contribution < 1.29 is 5.11 Å². The van der Waals surface area contributed by atoms with E-state index in [-0.39, 0.29) is 6.10 Å². The molecule has 0 bridgehead atoms. The second kappa shape index (κ2) is 7.36. The van der Waals surface area contributed by atoms with Gasteiger partial charge in [0.15, 0.2) is 0 Å². The van der Waals surface area contributed by atoms with Crippen LogP contribution in [0.15, 0.2) is 11.6 Å². The zero-order valence-corrected chi connectivity index (χ0v) is 20.7. The smallest absolute Gasteiger partial charge is 0.0543 e. The molecule has 0 radical (unpaired) electrons. The number of fused-ring (bicyclic) bond motifs is 5. The van der Waals surface area contributed by atoms with Gasteiger partial charge in [-0.3, -0.25) is 0 Å². The van der Waals surface area contributed by atoms with Crippen LogP contribution >= 0.6 is 0 Å². The third kappa shape index (κ3) is 3.11. The lowest BCUT2D eigenvalue weighted by Crippen LogP contribution is -2.50. The Hall–Kier alpha value is -0.300. The molecule has 1 heteroatoms. The number of rotatable bonds is 4. The van der Waals surface area contributed by atoms with Gasteiger partial charge in [0, 0.05) is 0 Å². The highest BCUT2D eigenvalue weighted by Gasteiger charge is 2.60. The van der Waals surface area contributed by atoms with E-state index < -0.39 is 0 Å². The first kappa shape index (κ1) is 21.5. The Morgan fingerprint density at radius 1 is 0.867 bits per heavy atom. The lowest BCUT2D eigenvalue weighted by Gasteiger charge is -2.57. The quantitative estimate of drug-likeness (QED) is 0.474. The molecule has 0 unspecified atom stereocenters. The summed E-state index contributed by atoms with van der Waals surface area (Å²) in [6, 6.07) is 0. The maximum Gasteiger partial charge on any atom is 0.0543 e. The Labute approximate surface area is 186 Å². The zero-order chi connectivity index (χ0) is 21.4. The average Bonchev–Trinajstić information content (AvgIpc) is 3.42. The van der Waals surface area contributed by atoms with E-state index in [2.05, 4.69) is 47.6 Å². The van der Waals surface area contributed by atoms with Crippen LogP contribution in [0.1, 0.15) is 99.3 Å². The van der Waals surface area contributed by atoms with Crippen molar-refractivity contribution in [3.05, 3.63) is 11.6 Å². The van der Waals surface area contributed by atoms with Gasteiger partial charge in [0.25, 0.3) is 0 Å². The predicted octanol–water partition coefficient (Wildman–Crippen LogP) is 7.49. The fourth-order valence-corrected chi connectivity index (χ4v) is 9.63. The second-order valence-corrected chi connectivity index (χ2v) is 13.4. The molecule has 170 valence electrons. The largest absolute Gasteiger partial charge is 0.393 e. The monoisotopic (exact) mass is 412 g/mol. The molecular formula is C29H48O. The van der Waals surface area contributed by atoms with Gasteiger partial charge in [-0.05, 0) is 122 Å². The van der Waals surface area contributed by atoms with Gasteiger partial charge in [-0.2, -0.15) is 0 Å². The van der Waals surface area contributed by atoms with Gasteiger partial charge in [-0.25, -0.2) is 0 Å². The summed E-state index contributed by atoms with van der Waals surface area (Å²) in [5.74, 6) is 7.99. The molecule has 0 spiro atoms. The van der Waals surface area contributed by atoms with E-state index in [9.17, 15) is 5.11 Å². The summed E-state index contributed by atoms with van der Waals surface area (Å²) in [7, 11) is 0. The molecule has 1 nitrogen and oxygen atoms in total. The summed E-state index contributed by atoms with van der Waals surface area (Å²) >= 11 is 0. The van der Waals surface area contributed by atoms with Crippen LogP contribution in [0.25, 0.3) is 0 Å². The first-order chi connectivity index (χ1) is 14.2. The predicted molar refractivity (Wildman–Crippen MR) is 126 cm³/mol. The van der Waals surface area contributed by atoms with Crippen LogP contribution < -0.4 is 0 Å². The highest BCUT2D eigenvalue weighted by molar-refractivity contribution is 5.28. The summed E-state index contributed by atoms with van der Waals surface area (Å²) in [6.07, 6.45) is 14.5. The molecule has 11 atom stereocenters. The van der Waals surface area contributed by atoms with Crippen molar-refractivity contribution >= 4 is 0 Å². The van der Waals surface area contributed by atoms with Gasteiger partial charge in [0.2, 0.25) is 0 Å². The molecule has 0 aromatic carbocycles. The van der Waals surface area contributed by atoms with Gasteiger partial charge in [-0.1, -0.05) is 53.2 Å². The van der Waals surface area contributed by atoms with Crippen LogP contribution in [0.5, 0.6) is 0 Å². The molecule has 0 heterocycles. The lowest BCUT2D eigenvalue weighted by atomic mass is 9.47. The van der Waals surface area contributed by atoms with Gasteiger partial charge in [0.05, 0.1) is 6.10 Å². The third-order valence-electron chi connectivity index (χ3n) is 12.1. The highest BCUT2D eigenvalue weighted by atomic mass is 16.3. The number of aliphatic hydroxyl groups excluding tert-OH is 1. The van der Waals surface area contributed by atoms with E-state index in [0.29, 0.717) is 10.8 Å². The molecule has 0 saturated heterocycles. The zero-order valence-electron chi connectivity index (χ0n) is 20.7. The van der Waals surface area contributed by atoms with Crippen LogP contribution in [0, 0.1) is 64.1 Å². The average molecular weight is 413 g/mol. The van der Waals surface area contributed by atoms with Gasteiger partial charge in [0.1, 0.15) is 0 Å². The van der Waals surface area contributed by atoms with E-state index in [0.717, 1.165) is 66.1 Å². The number of aliphatic hydroxyl groups is 1. The van der Waals surface area contributed by atoms with Gasteiger partial charge >= 0.3 is 0 Å². The Morgan fingerprint density at radius 2 is 1.57 bits per heavy atom. The molecule has 4 saturated carbocycles. The van der Waals surface area contributed by atoms with Crippen LogP contribution in [-0.2, 0) is 0 Å². The van der Waals surface area contributed by atoms with Crippen molar-refractivity contribution in [3.63, 3.8) is 0 Å². The molecule has 4 fully saturated rings. The van der Waals surface area contributed by atoms with Crippen molar-refractivity contribution in [3.8, 4) is 0 Å². The summed E-state index contributed by atoms with van der Waals surface area (Å²) in [4.78, 5) is 0. The van der Waals surface area contributed by atoms with Crippen molar-refractivity contribution in [1.29, 1.82) is 0 Å². The molecule has 5 rings (SSSR count). The Bertz CT molecular complexity index is 692.